The Morgan fingerprint density at radius 1 is 0.656 bits per heavy atom. The molecule has 0 atom stereocenters. The van der Waals surface area contributed by atoms with Crippen LogP contribution in [0.15, 0.2) is 114 Å². The lowest BCUT2D eigenvalue weighted by molar-refractivity contribution is 0.589. The summed E-state index contributed by atoms with van der Waals surface area (Å²) in [7, 11) is -2.90. The van der Waals surface area contributed by atoms with E-state index >= 15 is 0 Å². The first-order valence-corrected chi connectivity index (χ1v) is 12.8. The number of rotatable bonds is 7. The molecule has 32 heavy (non-hydrogen) atoms. The molecule has 4 rings (SSSR count). The molecule has 0 N–H and O–H groups in total. The lowest BCUT2D eigenvalue weighted by Gasteiger charge is -2.21. The van der Waals surface area contributed by atoms with E-state index in [1.807, 2.05) is 72.8 Å². The largest absolute Gasteiger partial charge is 0.313 e. The molecule has 3 heteroatoms. The van der Waals surface area contributed by atoms with Crippen molar-refractivity contribution >= 4 is 29.2 Å². The van der Waals surface area contributed by atoms with Crippen LogP contribution in [-0.2, 0) is 11.0 Å². The molecule has 0 aromatic heterocycles. The van der Waals surface area contributed by atoms with E-state index in [1.54, 1.807) is 0 Å². The molecule has 0 bridgehead atoms. The fraction of sp³-hybridized carbons (Fsp3) is 0.138. The molecular weight excluding hydrogens is 409 g/mol. The van der Waals surface area contributed by atoms with Gasteiger partial charge in [-0.3, -0.25) is 4.99 Å². The molecule has 0 saturated carbocycles. The number of aryl methyl sites for hydroxylation is 2. The second kappa shape index (κ2) is 9.94. The zero-order valence-electron chi connectivity index (χ0n) is 18.6. The van der Waals surface area contributed by atoms with Crippen molar-refractivity contribution in [3.8, 4) is 0 Å². The van der Waals surface area contributed by atoms with Gasteiger partial charge in [-0.1, -0.05) is 108 Å². The first-order valence-electron chi connectivity index (χ1n) is 10.9. The van der Waals surface area contributed by atoms with Crippen LogP contribution in [0.2, 0.25) is 0 Å². The lowest BCUT2D eigenvalue weighted by Crippen LogP contribution is -2.23. The molecule has 4 aromatic rings. The molecule has 160 valence electrons. The summed E-state index contributed by atoms with van der Waals surface area (Å²) in [6.07, 6.45) is 1.07. The van der Waals surface area contributed by atoms with E-state index < -0.39 is 7.14 Å². The smallest absolute Gasteiger partial charge is 0.148 e. The third-order valence-corrected chi connectivity index (χ3v) is 8.68. The van der Waals surface area contributed by atoms with Crippen molar-refractivity contribution in [3.05, 3.63) is 126 Å². The second-order valence-electron chi connectivity index (χ2n) is 8.24. The summed E-state index contributed by atoms with van der Waals surface area (Å²) >= 11 is 0. The maximum Gasteiger partial charge on any atom is 0.148 e. The van der Waals surface area contributed by atoms with Gasteiger partial charge < -0.3 is 4.57 Å². The average molecular weight is 438 g/mol. The summed E-state index contributed by atoms with van der Waals surface area (Å²) in [5.41, 5.74) is 5.42. The van der Waals surface area contributed by atoms with Crippen molar-refractivity contribution in [2.24, 2.45) is 4.99 Å². The number of benzene rings is 4. The van der Waals surface area contributed by atoms with E-state index in [0.29, 0.717) is 12.6 Å². The normalized spacial score (nSPS) is 12.0. The maximum absolute atomic E-state index is 14.6. The number of aliphatic imine (C=N–C) groups is 1. The van der Waals surface area contributed by atoms with Gasteiger partial charge in [-0.2, -0.15) is 0 Å². The molecular formula is C29H28NOP. The Morgan fingerprint density at radius 2 is 1.12 bits per heavy atom. The van der Waals surface area contributed by atoms with E-state index in [9.17, 15) is 4.57 Å². The minimum absolute atomic E-state index is 0.406. The van der Waals surface area contributed by atoms with Crippen LogP contribution in [0.3, 0.4) is 0 Å². The Morgan fingerprint density at radius 3 is 1.62 bits per heavy atom. The predicted octanol–water partition coefficient (Wildman–Crippen LogP) is 6.63. The van der Waals surface area contributed by atoms with Crippen molar-refractivity contribution in [1.29, 1.82) is 0 Å². The van der Waals surface area contributed by atoms with Crippen LogP contribution in [-0.4, -0.2) is 11.9 Å². The lowest BCUT2D eigenvalue weighted by atomic mass is 10.1. The van der Waals surface area contributed by atoms with Gasteiger partial charge in [0, 0.05) is 28.9 Å². The highest BCUT2D eigenvalue weighted by Crippen LogP contribution is 2.43. The molecule has 0 radical (unpaired) electrons. The number of hydrogen-bond acceptors (Lipinski definition) is 2. The van der Waals surface area contributed by atoms with Gasteiger partial charge in [0.05, 0.1) is 5.69 Å². The fourth-order valence-electron chi connectivity index (χ4n) is 3.80. The Bertz CT molecular complexity index is 1180. The highest BCUT2D eigenvalue weighted by atomic mass is 31.2. The van der Waals surface area contributed by atoms with E-state index in [2.05, 4.69) is 50.2 Å². The quantitative estimate of drug-likeness (QED) is 0.236. The number of hydrogen-bond donors (Lipinski definition) is 0. The molecule has 0 unspecified atom stereocenters. The summed E-state index contributed by atoms with van der Waals surface area (Å²) in [6, 6.07) is 36.4. The van der Waals surface area contributed by atoms with Crippen molar-refractivity contribution < 1.29 is 4.57 Å². The summed E-state index contributed by atoms with van der Waals surface area (Å²) in [4.78, 5) is 5.00. The SMILES string of the molecule is Cc1ccc(CC(CP(=O)(c2ccccc2)c2ccccc2)=Nc2ccc(C)cc2)cc1. The van der Waals surface area contributed by atoms with E-state index in [-0.39, 0.29) is 0 Å². The standard InChI is InChI=1S/C29H28NOP/c1-23-13-17-25(18-14-23)21-27(30-26-19-15-24(2)16-20-26)22-32(31,28-9-5-3-6-10-28)29-11-7-4-8-12-29/h3-20H,21-22H2,1-2H3. The molecule has 0 aliphatic carbocycles. The average Bonchev–Trinajstić information content (AvgIpc) is 2.83. The molecule has 0 amide bonds. The molecule has 0 aliphatic rings. The van der Waals surface area contributed by atoms with Gasteiger partial charge in [-0.05, 0) is 31.5 Å². The van der Waals surface area contributed by atoms with Crippen LogP contribution in [0, 0.1) is 13.8 Å². The second-order valence-corrected chi connectivity index (χ2v) is 11.1. The Labute approximate surface area is 191 Å². The third kappa shape index (κ3) is 5.33. The summed E-state index contributed by atoms with van der Waals surface area (Å²) in [5.74, 6) is 0. The van der Waals surface area contributed by atoms with Gasteiger partial charge in [0.2, 0.25) is 0 Å². The van der Waals surface area contributed by atoms with Crippen molar-refractivity contribution in [1.82, 2.24) is 0 Å². The highest BCUT2D eigenvalue weighted by Gasteiger charge is 2.29. The minimum atomic E-state index is -2.90. The number of nitrogens with zero attached hydrogens (tertiary/aromatic N) is 1. The summed E-state index contributed by atoms with van der Waals surface area (Å²) < 4.78 is 14.6. The van der Waals surface area contributed by atoms with E-state index in [0.717, 1.165) is 22.0 Å². The van der Waals surface area contributed by atoms with Gasteiger partial charge in [0.25, 0.3) is 0 Å². The molecule has 0 spiro atoms. The molecule has 0 fully saturated rings. The van der Waals surface area contributed by atoms with Crippen LogP contribution in [0.5, 0.6) is 0 Å². The minimum Gasteiger partial charge on any atom is -0.313 e. The molecule has 0 saturated heterocycles. The maximum atomic E-state index is 14.6. The van der Waals surface area contributed by atoms with Crippen LogP contribution < -0.4 is 10.6 Å². The van der Waals surface area contributed by atoms with Gasteiger partial charge >= 0.3 is 0 Å². The van der Waals surface area contributed by atoms with Crippen molar-refractivity contribution in [2.45, 2.75) is 20.3 Å². The van der Waals surface area contributed by atoms with Gasteiger partial charge in [-0.25, -0.2) is 0 Å². The first-order chi connectivity index (χ1) is 15.5. The van der Waals surface area contributed by atoms with Crippen LogP contribution in [0.1, 0.15) is 16.7 Å². The zero-order chi connectivity index (χ0) is 22.4. The van der Waals surface area contributed by atoms with Crippen LogP contribution in [0.25, 0.3) is 0 Å². The monoisotopic (exact) mass is 437 g/mol. The molecule has 0 heterocycles. The summed E-state index contributed by atoms with van der Waals surface area (Å²) in [5, 5.41) is 1.73. The van der Waals surface area contributed by atoms with E-state index in [4.69, 9.17) is 4.99 Å². The van der Waals surface area contributed by atoms with Crippen LogP contribution >= 0.6 is 7.14 Å². The van der Waals surface area contributed by atoms with Gasteiger partial charge in [-0.15, -0.1) is 0 Å². The molecule has 2 nitrogen and oxygen atoms in total. The van der Waals surface area contributed by atoms with Gasteiger partial charge in [0.15, 0.2) is 0 Å². The third-order valence-electron chi connectivity index (χ3n) is 5.60. The zero-order valence-corrected chi connectivity index (χ0v) is 19.5. The topological polar surface area (TPSA) is 29.4 Å². The first kappa shape index (κ1) is 22.0. The van der Waals surface area contributed by atoms with Gasteiger partial charge in [0.1, 0.15) is 7.14 Å². The fourth-order valence-corrected chi connectivity index (χ4v) is 6.47. The Kier molecular flexibility index (Phi) is 6.83. The van der Waals surface area contributed by atoms with Crippen molar-refractivity contribution in [2.75, 3.05) is 6.16 Å². The highest BCUT2D eigenvalue weighted by molar-refractivity contribution is 7.79. The Balaban J connectivity index is 1.78. The summed E-state index contributed by atoms with van der Waals surface area (Å²) in [6.45, 7) is 4.16. The Hall–Kier alpha value is -3.22. The molecule has 4 aromatic carbocycles. The van der Waals surface area contributed by atoms with Crippen molar-refractivity contribution in [3.63, 3.8) is 0 Å². The molecule has 0 aliphatic heterocycles. The predicted molar refractivity (Wildman–Crippen MR) is 138 cm³/mol. The van der Waals surface area contributed by atoms with E-state index in [1.165, 1.54) is 16.7 Å². The van der Waals surface area contributed by atoms with Crippen LogP contribution in [0.4, 0.5) is 5.69 Å².